The minimum Gasteiger partial charge on any atom is -0.348 e. The monoisotopic (exact) mass is 497 g/mol. The summed E-state index contributed by atoms with van der Waals surface area (Å²) in [6.45, 7) is 10.2. The van der Waals surface area contributed by atoms with E-state index in [0.717, 1.165) is 12.0 Å². The Morgan fingerprint density at radius 2 is 1.88 bits per heavy atom. The molecule has 2 aliphatic rings. The number of rotatable bonds is 11. The number of ether oxygens (including phenoxy) is 2. The number of nitrogens with one attached hydrogen (secondary N) is 1. The Bertz CT molecular complexity index is 806. The molecule has 1 spiro atoms. The molecule has 1 amide bonds. The van der Waals surface area contributed by atoms with Gasteiger partial charge in [0.1, 0.15) is 5.60 Å². The molecule has 0 aromatic heterocycles. The highest BCUT2D eigenvalue weighted by Gasteiger charge is 2.48. The molecule has 1 N–H and O–H groups in total. The van der Waals surface area contributed by atoms with Gasteiger partial charge in [-0.05, 0) is 45.3 Å². The molecule has 3 atom stereocenters. The van der Waals surface area contributed by atoms with Gasteiger partial charge >= 0.3 is 0 Å². The minimum atomic E-state index is -0.994. The molecule has 184 valence electrons. The Morgan fingerprint density at radius 3 is 2.48 bits per heavy atom. The van der Waals surface area contributed by atoms with Crippen LogP contribution in [-0.2, 0) is 19.1 Å². The predicted octanol–water partition coefficient (Wildman–Crippen LogP) is 6.32. The fourth-order valence-corrected chi connectivity index (χ4v) is 4.74. The second-order valence-electron chi connectivity index (χ2n) is 9.33. The molecule has 1 aliphatic carbocycles. The number of hydrogen-bond donors (Lipinski definition) is 1. The largest absolute Gasteiger partial charge is 0.348 e. The molecule has 1 heterocycles. The highest BCUT2D eigenvalue weighted by molar-refractivity contribution is 6.55. The van der Waals surface area contributed by atoms with Gasteiger partial charge in [-0.2, -0.15) is 0 Å². The maximum Gasteiger partial charge on any atom is 0.244 e. The van der Waals surface area contributed by atoms with Crippen molar-refractivity contribution in [2.75, 3.05) is 0 Å². The lowest BCUT2D eigenvalue weighted by Gasteiger charge is -2.26. The summed E-state index contributed by atoms with van der Waals surface area (Å²) < 4.78 is 12.0. The third-order valence-electron chi connectivity index (χ3n) is 5.67. The van der Waals surface area contributed by atoms with E-state index in [-0.39, 0.29) is 22.1 Å². The van der Waals surface area contributed by atoms with Crippen molar-refractivity contribution in [3.05, 3.63) is 46.0 Å². The molecule has 1 fully saturated rings. The van der Waals surface area contributed by atoms with E-state index in [1.165, 1.54) is 43.9 Å². The molecule has 1 saturated heterocycles. The first kappa shape index (κ1) is 27.8. The number of carbonyl (C=O) groups is 2. The molecule has 0 radical (unpaired) electrons. The normalized spacial score (nSPS) is 23.9. The lowest BCUT2D eigenvalue weighted by Crippen LogP contribution is -2.41. The van der Waals surface area contributed by atoms with Gasteiger partial charge in [-0.1, -0.05) is 80.5 Å². The fraction of sp³-hybridized carbons (Fsp3) is 0.615. The van der Waals surface area contributed by atoms with Crippen LogP contribution in [0.2, 0.25) is 0 Å². The highest BCUT2D eigenvalue weighted by atomic mass is 35.5. The average molecular weight is 498 g/mol. The van der Waals surface area contributed by atoms with Gasteiger partial charge in [-0.15, -0.1) is 0 Å². The summed E-state index contributed by atoms with van der Waals surface area (Å²) in [5, 5.41) is 2.98. The van der Waals surface area contributed by atoms with Crippen LogP contribution in [0.3, 0.4) is 0 Å². The predicted molar refractivity (Wildman–Crippen MR) is 134 cm³/mol. The van der Waals surface area contributed by atoms with Crippen molar-refractivity contribution in [2.45, 2.75) is 97.2 Å². The summed E-state index contributed by atoms with van der Waals surface area (Å²) in [6, 6.07) is -0.430. The number of carbonyl (C=O) groups excluding carboxylic acids is 2. The Morgan fingerprint density at radius 1 is 1.21 bits per heavy atom. The molecule has 0 saturated carbocycles. The van der Waals surface area contributed by atoms with Crippen molar-refractivity contribution in [1.82, 2.24) is 5.32 Å². The quantitative estimate of drug-likeness (QED) is 0.206. The van der Waals surface area contributed by atoms with E-state index in [9.17, 15) is 9.59 Å². The average Bonchev–Trinajstić information content (AvgIpc) is 3.03. The third kappa shape index (κ3) is 8.71. The molecule has 0 aromatic rings. The molecule has 33 heavy (non-hydrogen) atoms. The second-order valence-corrected chi connectivity index (χ2v) is 10.1. The summed E-state index contributed by atoms with van der Waals surface area (Å²) in [7, 11) is 0. The van der Waals surface area contributed by atoms with Gasteiger partial charge in [-0.25, -0.2) is 0 Å². The molecule has 7 heteroatoms. The van der Waals surface area contributed by atoms with Gasteiger partial charge in [0.15, 0.2) is 6.29 Å². The number of amides is 1. The molecular weight excluding hydrogens is 461 g/mol. The van der Waals surface area contributed by atoms with E-state index < -0.39 is 23.7 Å². The lowest BCUT2D eigenvalue weighted by molar-refractivity contribution is -0.170. The number of unbranched alkanes of at least 4 members (excludes halogenated alkanes) is 3. The Kier molecular flexibility index (Phi) is 10.9. The first-order chi connectivity index (χ1) is 15.5. The Labute approximate surface area is 208 Å². The van der Waals surface area contributed by atoms with Crippen LogP contribution in [0.1, 0.15) is 73.1 Å². The molecule has 1 unspecified atom stereocenters. The van der Waals surface area contributed by atoms with Crippen LogP contribution in [0.25, 0.3) is 0 Å². The van der Waals surface area contributed by atoms with Crippen LogP contribution in [0.5, 0.6) is 0 Å². The van der Waals surface area contributed by atoms with Crippen molar-refractivity contribution < 1.29 is 19.1 Å². The minimum absolute atomic E-state index is 0.00208. The van der Waals surface area contributed by atoms with Crippen molar-refractivity contribution in [3.63, 3.8) is 0 Å². The van der Waals surface area contributed by atoms with E-state index >= 15 is 0 Å². The van der Waals surface area contributed by atoms with Crippen LogP contribution in [0.4, 0.5) is 0 Å². The van der Waals surface area contributed by atoms with Gasteiger partial charge in [0.05, 0.1) is 22.2 Å². The molecule has 0 aromatic carbocycles. The first-order valence-corrected chi connectivity index (χ1v) is 12.6. The van der Waals surface area contributed by atoms with Crippen molar-refractivity contribution >= 4 is 34.9 Å². The van der Waals surface area contributed by atoms with E-state index in [0.29, 0.717) is 12.3 Å². The van der Waals surface area contributed by atoms with Crippen molar-refractivity contribution in [1.29, 1.82) is 0 Å². The number of allylic oxidation sites excluding steroid dienone is 5. The van der Waals surface area contributed by atoms with Crippen LogP contribution in [-0.4, -0.2) is 35.7 Å². The lowest BCUT2D eigenvalue weighted by atomic mass is 9.92. The van der Waals surface area contributed by atoms with Crippen molar-refractivity contribution in [3.8, 4) is 0 Å². The standard InChI is InChI=1S/C26H37Cl2NO4/c1-6-7-8-9-10-18(4)13-19(5)11-12-23(30)29-22-16-26(33-25(22)32-17(2)3)14-20(27)24(31)21(28)15-26/h11-15,17-18,22,25H,6-10,16H2,1-5H3,(H,29,30)/b12-11+,19-13+/t18-,22+,25?/m1/s1. The van der Waals surface area contributed by atoms with Crippen molar-refractivity contribution in [2.24, 2.45) is 5.92 Å². The first-order valence-electron chi connectivity index (χ1n) is 11.9. The van der Waals surface area contributed by atoms with Gasteiger partial charge < -0.3 is 14.8 Å². The van der Waals surface area contributed by atoms with Gasteiger partial charge in [0.25, 0.3) is 0 Å². The second kappa shape index (κ2) is 12.9. The van der Waals surface area contributed by atoms with Crippen LogP contribution < -0.4 is 5.32 Å². The number of halogens is 2. The summed E-state index contributed by atoms with van der Waals surface area (Å²) >= 11 is 12.1. The van der Waals surface area contributed by atoms with E-state index in [2.05, 4.69) is 25.2 Å². The van der Waals surface area contributed by atoms with Crippen LogP contribution >= 0.6 is 23.2 Å². The summed E-state index contributed by atoms with van der Waals surface area (Å²) in [4.78, 5) is 24.6. The summed E-state index contributed by atoms with van der Waals surface area (Å²) in [5.74, 6) is -0.201. The molecule has 2 rings (SSSR count). The van der Waals surface area contributed by atoms with Crippen LogP contribution in [0, 0.1) is 5.92 Å². The Hall–Kier alpha value is -1.40. The molecule has 0 bridgehead atoms. The van der Waals surface area contributed by atoms with E-state index in [1.807, 2.05) is 26.8 Å². The molecule has 1 aliphatic heterocycles. The molecular formula is C26H37Cl2NO4. The molecule has 5 nitrogen and oxygen atoms in total. The van der Waals surface area contributed by atoms with Gasteiger partial charge in [0.2, 0.25) is 11.7 Å². The van der Waals surface area contributed by atoms with Crippen LogP contribution in [0.15, 0.2) is 46.0 Å². The Balaban J connectivity index is 2.01. The van der Waals surface area contributed by atoms with Gasteiger partial charge in [-0.3, -0.25) is 9.59 Å². The zero-order valence-corrected chi connectivity index (χ0v) is 21.8. The fourth-order valence-electron chi connectivity index (χ4n) is 4.12. The van der Waals surface area contributed by atoms with E-state index in [1.54, 1.807) is 0 Å². The number of hydrogen-bond acceptors (Lipinski definition) is 4. The zero-order chi connectivity index (χ0) is 24.6. The topological polar surface area (TPSA) is 64.6 Å². The maximum atomic E-state index is 12.6. The smallest absolute Gasteiger partial charge is 0.244 e. The van der Waals surface area contributed by atoms with Gasteiger partial charge in [0, 0.05) is 12.5 Å². The third-order valence-corrected chi connectivity index (χ3v) is 6.23. The maximum absolute atomic E-state index is 12.6. The summed E-state index contributed by atoms with van der Waals surface area (Å²) in [6.07, 6.45) is 14.3. The highest BCUT2D eigenvalue weighted by Crippen LogP contribution is 2.40. The number of ketones is 1. The summed E-state index contributed by atoms with van der Waals surface area (Å²) in [5.41, 5.74) is 0.0595. The van der Waals surface area contributed by atoms with E-state index in [4.69, 9.17) is 32.7 Å². The zero-order valence-electron chi connectivity index (χ0n) is 20.3. The SMILES string of the molecule is CCCCCC[C@@H](C)/C=C(C)/C=C/C(=O)N[C@H]1CC2(C=C(Cl)C(=O)C(Cl)=C2)OC1OC(C)C. The number of Topliss-reactive ketones (excluding diaryl/α,β-unsaturated/α-hetero) is 1.